The third kappa shape index (κ3) is 6.44. The summed E-state index contributed by atoms with van der Waals surface area (Å²) in [7, 11) is 2.74. The Hall–Kier alpha value is -6.32. The lowest BCUT2D eigenvalue weighted by molar-refractivity contribution is -0.203. The number of methoxy groups -OCH3 is 2. The van der Waals surface area contributed by atoms with Crippen LogP contribution in [0.25, 0.3) is 33.0 Å². The molecule has 0 aliphatic carbocycles. The Morgan fingerprint density at radius 3 is 1.88 bits per heavy atom. The summed E-state index contributed by atoms with van der Waals surface area (Å²) in [5.41, 5.74) is 4.72. The zero-order valence-electron chi connectivity index (χ0n) is 38.6. The van der Waals surface area contributed by atoms with E-state index in [-0.39, 0.29) is 17.8 Å². The maximum Gasteiger partial charge on any atom is 0.339 e. The van der Waals surface area contributed by atoms with Gasteiger partial charge in [0, 0.05) is 52.2 Å². The molecule has 2 aromatic heterocycles. The molecule has 7 heterocycles. The zero-order valence-corrected chi connectivity index (χ0v) is 38.6. The molecule has 0 saturated carbocycles. The summed E-state index contributed by atoms with van der Waals surface area (Å²) < 4.78 is 48.2. The van der Waals surface area contributed by atoms with E-state index in [1.54, 1.807) is 24.3 Å². The van der Waals surface area contributed by atoms with Gasteiger partial charge in [-0.05, 0) is 86.4 Å². The molecular formula is C54H56F2N6O6. The van der Waals surface area contributed by atoms with Crippen LogP contribution in [0.5, 0.6) is 0 Å². The van der Waals surface area contributed by atoms with Crippen molar-refractivity contribution in [2.75, 3.05) is 37.9 Å². The van der Waals surface area contributed by atoms with E-state index in [1.165, 1.54) is 36.5 Å². The first kappa shape index (κ1) is 44.2. The standard InChI is InChI=1S/C54H56F2N6O6/c1-5-53-24-14-26-59(65)51(53)61-41-22-11-7-16-31(41)34(47(61)35(29-53)49(63)67-3)28-40-44(46(57-39-21-10-9-19-37(39)55)33-18-13-20-38(56)45(33)58-40)43-32-17-8-12-23-42(32)62-48(43)36(50(64)68-4)30-54(6-2)25-15-27-60(66)52(54)62/h7-13,16-23,29-30,40,44,46,51-52,57-58,65-66H,5-6,14-15,24-28H2,1-4H3/t40?,44?,46?,51-,52-,53+,54+/m1/s1. The summed E-state index contributed by atoms with van der Waals surface area (Å²) in [4.78, 5) is 28.8. The van der Waals surface area contributed by atoms with E-state index in [2.05, 4.69) is 33.6 Å². The largest absolute Gasteiger partial charge is 0.465 e. The molecule has 0 spiro atoms. The van der Waals surface area contributed by atoms with E-state index in [0.717, 1.165) is 52.2 Å². The lowest BCUT2D eigenvalue weighted by atomic mass is 9.70. The highest BCUT2D eigenvalue weighted by Gasteiger charge is 2.53. The fourth-order valence-corrected chi connectivity index (χ4v) is 13.0. The number of halogens is 2. The van der Waals surface area contributed by atoms with Crippen LogP contribution in [0.15, 0.2) is 103 Å². The first-order valence-electron chi connectivity index (χ1n) is 23.8. The van der Waals surface area contributed by atoms with Crippen LogP contribution < -0.4 is 10.6 Å². The first-order valence-corrected chi connectivity index (χ1v) is 23.8. The number of rotatable bonds is 9. The molecule has 0 amide bonds. The molecular weight excluding hydrogens is 867 g/mol. The van der Waals surface area contributed by atoms with Crippen LogP contribution in [0.1, 0.15) is 105 Å². The fourth-order valence-electron chi connectivity index (χ4n) is 13.0. The second-order valence-corrected chi connectivity index (χ2v) is 19.2. The highest BCUT2D eigenvalue weighted by Crippen LogP contribution is 2.59. The zero-order chi connectivity index (χ0) is 47.2. The molecule has 4 N–H and O–H groups in total. The molecule has 4 aromatic carbocycles. The van der Waals surface area contributed by atoms with Crippen molar-refractivity contribution in [2.24, 2.45) is 10.8 Å². The molecule has 0 bridgehead atoms. The number of aromatic nitrogens is 2. The predicted molar refractivity (Wildman–Crippen MR) is 256 cm³/mol. The highest BCUT2D eigenvalue weighted by molar-refractivity contribution is 6.19. The summed E-state index contributed by atoms with van der Waals surface area (Å²) in [5, 5.41) is 35.5. The van der Waals surface area contributed by atoms with Gasteiger partial charge >= 0.3 is 11.9 Å². The number of anilines is 2. The molecule has 2 saturated heterocycles. The molecule has 11 rings (SSSR count). The summed E-state index contributed by atoms with van der Waals surface area (Å²) in [6.07, 6.45) is 7.24. The second kappa shape index (κ2) is 16.7. The molecule has 352 valence electrons. The summed E-state index contributed by atoms with van der Waals surface area (Å²) in [6, 6.07) is 25.5. The van der Waals surface area contributed by atoms with Gasteiger partial charge in [-0.2, -0.15) is 10.1 Å². The van der Waals surface area contributed by atoms with E-state index >= 15 is 8.78 Å². The maximum atomic E-state index is 16.7. The number of hydroxylamine groups is 4. The monoisotopic (exact) mass is 922 g/mol. The van der Waals surface area contributed by atoms with Crippen LogP contribution in [-0.2, 0) is 25.5 Å². The Labute approximate surface area is 393 Å². The number of nitrogens with zero attached hydrogens (tertiary/aromatic N) is 4. The highest BCUT2D eigenvalue weighted by atomic mass is 19.1. The van der Waals surface area contributed by atoms with E-state index in [0.29, 0.717) is 60.4 Å². The number of nitrogens with one attached hydrogen (secondary N) is 2. The Bertz CT molecular complexity index is 3090. The average Bonchev–Trinajstić information content (AvgIpc) is 3.86. The smallest absolute Gasteiger partial charge is 0.339 e. The van der Waals surface area contributed by atoms with E-state index < -0.39 is 64.7 Å². The van der Waals surface area contributed by atoms with Crippen molar-refractivity contribution >= 4 is 56.3 Å². The first-order chi connectivity index (χ1) is 33.0. The van der Waals surface area contributed by atoms with Crippen molar-refractivity contribution in [1.29, 1.82) is 0 Å². The number of esters is 2. The number of piperidine rings is 2. The molecule has 3 unspecified atom stereocenters. The number of carbonyl (C=O) groups is 2. The van der Waals surface area contributed by atoms with Crippen molar-refractivity contribution in [2.45, 2.75) is 89.1 Å². The maximum absolute atomic E-state index is 16.7. The van der Waals surface area contributed by atoms with Crippen LogP contribution in [0.4, 0.5) is 20.2 Å². The van der Waals surface area contributed by atoms with Gasteiger partial charge in [-0.3, -0.25) is 0 Å². The molecule has 7 atom stereocenters. The molecule has 14 heteroatoms. The third-order valence-electron chi connectivity index (χ3n) is 16.1. The van der Waals surface area contributed by atoms with Crippen molar-refractivity contribution in [1.82, 2.24) is 19.3 Å². The number of hydrogen-bond donors (Lipinski definition) is 4. The van der Waals surface area contributed by atoms with Crippen LogP contribution in [0, 0.1) is 22.5 Å². The third-order valence-corrected chi connectivity index (χ3v) is 16.1. The van der Waals surface area contributed by atoms with Gasteiger partial charge in [0.1, 0.15) is 24.0 Å². The van der Waals surface area contributed by atoms with Crippen molar-refractivity contribution in [3.05, 3.63) is 143 Å². The molecule has 0 radical (unpaired) electrons. The van der Waals surface area contributed by atoms with E-state index in [1.807, 2.05) is 66.7 Å². The normalized spacial score (nSPS) is 26.6. The van der Waals surface area contributed by atoms with Gasteiger partial charge in [-0.15, -0.1) is 0 Å². The second-order valence-electron chi connectivity index (χ2n) is 19.2. The lowest BCUT2D eigenvalue weighted by Gasteiger charge is -2.50. The van der Waals surface area contributed by atoms with Gasteiger partial charge < -0.3 is 39.7 Å². The number of carbonyl (C=O) groups excluding carboxylic acids is 2. The van der Waals surface area contributed by atoms with Crippen molar-refractivity contribution in [3.8, 4) is 0 Å². The molecule has 6 aromatic rings. The quantitative estimate of drug-likeness (QED) is 0.104. The van der Waals surface area contributed by atoms with Crippen LogP contribution >= 0.6 is 0 Å². The summed E-state index contributed by atoms with van der Waals surface area (Å²) >= 11 is 0. The average molecular weight is 923 g/mol. The minimum absolute atomic E-state index is 0.188. The van der Waals surface area contributed by atoms with Gasteiger partial charge in [-0.25, -0.2) is 18.4 Å². The summed E-state index contributed by atoms with van der Waals surface area (Å²) in [6.45, 7) is 5.01. The lowest BCUT2D eigenvalue weighted by Crippen LogP contribution is -2.49. The fraction of sp³-hybridized carbons (Fsp3) is 0.370. The molecule has 5 aliphatic rings. The Kier molecular flexibility index (Phi) is 10.9. The molecule has 5 aliphatic heterocycles. The number of benzene rings is 4. The van der Waals surface area contributed by atoms with Crippen molar-refractivity contribution in [3.63, 3.8) is 0 Å². The van der Waals surface area contributed by atoms with Crippen LogP contribution in [0.3, 0.4) is 0 Å². The molecule has 2 fully saturated rings. The molecule has 68 heavy (non-hydrogen) atoms. The number of para-hydroxylation sites is 4. The van der Waals surface area contributed by atoms with Gasteiger partial charge in [-0.1, -0.05) is 86.7 Å². The minimum atomic E-state index is -0.827. The number of hydrogen-bond acceptors (Lipinski definition) is 10. The Morgan fingerprint density at radius 2 is 1.26 bits per heavy atom. The van der Waals surface area contributed by atoms with Gasteiger partial charge in [0.25, 0.3) is 0 Å². The van der Waals surface area contributed by atoms with Crippen molar-refractivity contribution < 1.29 is 38.3 Å². The van der Waals surface area contributed by atoms with Crippen LogP contribution in [-0.4, -0.2) is 75.0 Å². The minimum Gasteiger partial charge on any atom is -0.465 e. The Morgan fingerprint density at radius 1 is 0.721 bits per heavy atom. The number of ether oxygens (including phenoxy) is 2. The van der Waals surface area contributed by atoms with Crippen LogP contribution in [0.2, 0.25) is 0 Å². The summed E-state index contributed by atoms with van der Waals surface area (Å²) in [5.74, 6) is -2.76. The van der Waals surface area contributed by atoms with Gasteiger partial charge in [0.05, 0.1) is 65.2 Å². The molecule has 12 nitrogen and oxygen atoms in total. The van der Waals surface area contributed by atoms with E-state index in [4.69, 9.17) is 9.47 Å². The SMILES string of the molecule is CC[C@]12C=C(C(=O)OC)c3c(CC4Nc5c(F)cccc5C(Nc5ccccc5F)C4c4c5n(c6ccccc46)[C@H]4N(O)CCC[C@@]4(CC)C=C5C(=O)OC)c4ccccc4n3[C@H]1N(O)CCC2. The predicted octanol–water partition coefficient (Wildman–Crippen LogP) is 10.7. The number of fused-ring (bicyclic) bond motifs is 11. The van der Waals surface area contributed by atoms with Gasteiger partial charge in [0.2, 0.25) is 0 Å². The topological polar surface area (TPSA) is 133 Å². The Balaban J connectivity index is 1.23. The van der Waals surface area contributed by atoms with Gasteiger partial charge in [0.15, 0.2) is 0 Å². The van der Waals surface area contributed by atoms with E-state index in [9.17, 15) is 20.0 Å².